The molecular formula is C22H37F3O4. The summed E-state index contributed by atoms with van der Waals surface area (Å²) in [6, 6.07) is 0. The van der Waals surface area contributed by atoms with Gasteiger partial charge in [-0.2, -0.15) is 13.2 Å². The minimum absolute atomic E-state index is 0.0106. The Hall–Kier alpha value is -1.27. The Morgan fingerprint density at radius 3 is 1.97 bits per heavy atom. The van der Waals surface area contributed by atoms with Crippen molar-refractivity contribution >= 4 is 11.9 Å². The summed E-state index contributed by atoms with van der Waals surface area (Å²) in [5.41, 5.74) is -1.90. The van der Waals surface area contributed by atoms with Crippen LogP contribution in [-0.4, -0.2) is 29.8 Å². The number of hydrogen-bond acceptors (Lipinski definition) is 4. The van der Waals surface area contributed by atoms with Gasteiger partial charge in [-0.25, -0.2) is 0 Å². The van der Waals surface area contributed by atoms with Crippen LogP contribution < -0.4 is 0 Å². The predicted molar refractivity (Wildman–Crippen MR) is 105 cm³/mol. The molecule has 2 atom stereocenters. The van der Waals surface area contributed by atoms with Gasteiger partial charge in [0.05, 0.1) is 11.8 Å². The van der Waals surface area contributed by atoms with Crippen molar-refractivity contribution in [2.75, 3.05) is 0 Å². The van der Waals surface area contributed by atoms with Crippen LogP contribution in [0.2, 0.25) is 0 Å². The van der Waals surface area contributed by atoms with Crippen molar-refractivity contribution < 1.29 is 32.2 Å². The largest absolute Gasteiger partial charge is 0.458 e. The van der Waals surface area contributed by atoms with Crippen LogP contribution in [0.3, 0.4) is 0 Å². The fourth-order valence-electron chi connectivity index (χ4n) is 3.85. The average Bonchev–Trinajstić information content (AvgIpc) is 3.00. The van der Waals surface area contributed by atoms with Crippen LogP contribution in [-0.2, 0) is 19.1 Å². The molecular weight excluding hydrogens is 385 g/mol. The first-order valence-corrected chi connectivity index (χ1v) is 10.6. The van der Waals surface area contributed by atoms with E-state index >= 15 is 0 Å². The van der Waals surface area contributed by atoms with Crippen molar-refractivity contribution in [1.29, 1.82) is 0 Å². The molecule has 0 N–H and O–H groups in total. The number of esters is 2. The van der Waals surface area contributed by atoms with E-state index in [0.717, 1.165) is 26.2 Å². The summed E-state index contributed by atoms with van der Waals surface area (Å²) in [6.07, 6.45) is -3.19. The molecule has 2 unspecified atom stereocenters. The van der Waals surface area contributed by atoms with Gasteiger partial charge < -0.3 is 9.47 Å². The van der Waals surface area contributed by atoms with Crippen molar-refractivity contribution in [3.63, 3.8) is 0 Å². The maximum atomic E-state index is 13.3. The summed E-state index contributed by atoms with van der Waals surface area (Å²) in [5, 5.41) is 0. The van der Waals surface area contributed by atoms with Crippen LogP contribution in [0.15, 0.2) is 0 Å². The molecule has 1 aliphatic rings. The normalized spacial score (nSPS) is 20.2. The standard InChI is InChI=1S/C22H37F3O4/c1-8-19(5,6)14-20(7,15(2)3)18(27)29-21(11-9-10-12-21)13-17(26)28-16(4)22(23,24)25/h15-16H,8-14H2,1-7H3. The Bertz CT molecular complexity index is 577. The van der Waals surface area contributed by atoms with E-state index in [1.807, 2.05) is 20.8 Å². The number of hydrogen-bond donors (Lipinski definition) is 0. The third kappa shape index (κ3) is 6.88. The maximum absolute atomic E-state index is 13.3. The zero-order valence-corrected chi connectivity index (χ0v) is 18.9. The predicted octanol–water partition coefficient (Wildman–Crippen LogP) is 6.22. The van der Waals surface area contributed by atoms with Crippen molar-refractivity contribution in [1.82, 2.24) is 0 Å². The first-order chi connectivity index (χ1) is 13.1. The minimum atomic E-state index is -4.61. The molecule has 0 spiro atoms. The number of carbonyl (C=O) groups is 2. The van der Waals surface area contributed by atoms with Crippen LogP contribution in [0.5, 0.6) is 0 Å². The molecule has 0 radical (unpaired) electrons. The van der Waals surface area contributed by atoms with Gasteiger partial charge in [0, 0.05) is 0 Å². The summed E-state index contributed by atoms with van der Waals surface area (Å²) in [6.45, 7) is 12.9. The molecule has 0 bridgehead atoms. The highest BCUT2D eigenvalue weighted by Gasteiger charge is 2.48. The molecule has 1 fully saturated rings. The van der Waals surface area contributed by atoms with Crippen LogP contribution in [0.4, 0.5) is 13.2 Å². The van der Waals surface area contributed by atoms with Gasteiger partial charge >= 0.3 is 18.1 Å². The van der Waals surface area contributed by atoms with Crippen LogP contribution in [0.25, 0.3) is 0 Å². The number of carbonyl (C=O) groups excluding carboxylic acids is 2. The Balaban J connectivity index is 2.98. The molecule has 0 heterocycles. The van der Waals surface area contributed by atoms with Gasteiger partial charge in [-0.05, 0) is 57.3 Å². The highest BCUT2D eigenvalue weighted by atomic mass is 19.4. The van der Waals surface area contributed by atoms with Crippen molar-refractivity contribution in [2.24, 2.45) is 16.7 Å². The second kappa shape index (κ2) is 9.25. The van der Waals surface area contributed by atoms with E-state index in [-0.39, 0.29) is 23.7 Å². The number of ether oxygens (including phenoxy) is 2. The lowest BCUT2D eigenvalue weighted by Gasteiger charge is -2.41. The second-order valence-electron chi connectivity index (χ2n) is 9.90. The van der Waals surface area contributed by atoms with Crippen LogP contribution in [0.1, 0.15) is 93.4 Å². The molecule has 0 aromatic rings. The van der Waals surface area contributed by atoms with Crippen molar-refractivity contribution in [3.05, 3.63) is 0 Å². The van der Waals surface area contributed by atoms with Gasteiger partial charge in [-0.3, -0.25) is 9.59 Å². The number of rotatable bonds is 9. The summed E-state index contributed by atoms with van der Waals surface area (Å²) in [4.78, 5) is 25.5. The van der Waals surface area contributed by atoms with Gasteiger partial charge in [-0.1, -0.05) is 41.0 Å². The van der Waals surface area contributed by atoms with E-state index in [0.29, 0.717) is 19.3 Å². The number of alkyl halides is 3. The van der Waals surface area contributed by atoms with Gasteiger partial charge in [0.15, 0.2) is 6.10 Å². The first-order valence-electron chi connectivity index (χ1n) is 10.6. The number of halogens is 3. The molecule has 1 rings (SSSR count). The topological polar surface area (TPSA) is 52.6 Å². The van der Waals surface area contributed by atoms with E-state index in [4.69, 9.17) is 4.74 Å². The third-order valence-electron chi connectivity index (χ3n) is 6.60. The molecule has 0 aliphatic heterocycles. The smallest absolute Gasteiger partial charge is 0.425 e. The third-order valence-corrected chi connectivity index (χ3v) is 6.60. The van der Waals surface area contributed by atoms with Crippen LogP contribution in [0, 0.1) is 16.7 Å². The fraction of sp³-hybridized carbons (Fsp3) is 0.909. The van der Waals surface area contributed by atoms with E-state index < -0.39 is 29.3 Å². The Kier molecular flexibility index (Phi) is 8.22. The van der Waals surface area contributed by atoms with Gasteiger partial charge in [0.2, 0.25) is 0 Å². The summed E-state index contributed by atoms with van der Waals surface area (Å²) >= 11 is 0. The van der Waals surface area contributed by atoms with Crippen molar-refractivity contribution in [3.8, 4) is 0 Å². The zero-order valence-electron chi connectivity index (χ0n) is 18.9. The molecule has 1 saturated carbocycles. The van der Waals surface area contributed by atoms with Gasteiger partial charge in [-0.15, -0.1) is 0 Å². The Morgan fingerprint density at radius 2 is 1.55 bits per heavy atom. The molecule has 4 nitrogen and oxygen atoms in total. The minimum Gasteiger partial charge on any atom is -0.458 e. The Morgan fingerprint density at radius 1 is 1.03 bits per heavy atom. The highest BCUT2D eigenvalue weighted by Crippen LogP contribution is 2.45. The maximum Gasteiger partial charge on any atom is 0.425 e. The first kappa shape index (κ1) is 25.8. The molecule has 0 aromatic carbocycles. The average molecular weight is 423 g/mol. The zero-order chi connectivity index (χ0) is 22.7. The summed E-state index contributed by atoms with van der Waals surface area (Å²) in [7, 11) is 0. The Labute approximate surface area is 172 Å². The van der Waals surface area contributed by atoms with Crippen LogP contribution >= 0.6 is 0 Å². The van der Waals surface area contributed by atoms with E-state index in [1.54, 1.807) is 0 Å². The highest BCUT2D eigenvalue weighted by molar-refractivity contribution is 5.78. The molecule has 0 saturated heterocycles. The molecule has 29 heavy (non-hydrogen) atoms. The van der Waals surface area contributed by atoms with E-state index in [1.165, 1.54) is 0 Å². The molecule has 0 aromatic heterocycles. The quantitative estimate of drug-likeness (QED) is 0.414. The monoisotopic (exact) mass is 422 g/mol. The molecule has 0 amide bonds. The molecule has 170 valence electrons. The molecule has 7 heteroatoms. The molecule has 1 aliphatic carbocycles. The summed E-state index contributed by atoms with van der Waals surface area (Å²) < 4.78 is 48.6. The summed E-state index contributed by atoms with van der Waals surface area (Å²) in [5.74, 6) is -1.35. The SMILES string of the molecule is CCC(C)(C)CC(C)(C(=O)OC1(CC(=O)OC(C)C(F)(F)F)CCCC1)C(C)C. The second-order valence-corrected chi connectivity index (χ2v) is 9.90. The van der Waals surface area contributed by atoms with Gasteiger partial charge in [0.25, 0.3) is 0 Å². The lowest BCUT2D eigenvalue weighted by molar-refractivity contribution is -0.219. The van der Waals surface area contributed by atoms with Gasteiger partial charge in [0.1, 0.15) is 5.60 Å². The van der Waals surface area contributed by atoms with E-state index in [9.17, 15) is 22.8 Å². The lowest BCUT2D eigenvalue weighted by atomic mass is 9.67. The van der Waals surface area contributed by atoms with Crippen molar-refractivity contribution in [2.45, 2.75) is 111 Å². The lowest BCUT2D eigenvalue weighted by Crippen LogP contribution is -2.45. The van der Waals surface area contributed by atoms with E-state index in [2.05, 4.69) is 25.5 Å². The fourth-order valence-corrected chi connectivity index (χ4v) is 3.85.